The summed E-state index contributed by atoms with van der Waals surface area (Å²) in [5, 5.41) is 12.0. The van der Waals surface area contributed by atoms with Gasteiger partial charge in [-0.05, 0) is 18.2 Å². The van der Waals surface area contributed by atoms with Crippen LogP contribution in [0, 0.1) is 0 Å². The molecule has 1 aromatic heterocycles. The zero-order valence-electron chi connectivity index (χ0n) is 6.57. The summed E-state index contributed by atoms with van der Waals surface area (Å²) < 4.78 is 6.10. The van der Waals surface area contributed by atoms with Gasteiger partial charge in [0, 0.05) is 15.5 Å². The number of methoxy groups -OCH3 is 1. The second kappa shape index (κ2) is 2.68. The molecule has 0 saturated carbocycles. The van der Waals surface area contributed by atoms with Crippen molar-refractivity contribution in [1.29, 1.82) is 0 Å². The SMILES string of the molecule is COc1ccc2c(O)csc2c1. The Labute approximate surface area is 74.0 Å². The van der Waals surface area contributed by atoms with Crippen molar-refractivity contribution in [2.75, 3.05) is 7.11 Å². The van der Waals surface area contributed by atoms with Crippen LogP contribution in [-0.2, 0) is 0 Å². The van der Waals surface area contributed by atoms with E-state index in [9.17, 15) is 5.11 Å². The van der Waals surface area contributed by atoms with E-state index in [4.69, 9.17) is 4.74 Å². The molecule has 0 aliphatic rings. The summed E-state index contributed by atoms with van der Waals surface area (Å²) in [6.07, 6.45) is 0. The van der Waals surface area contributed by atoms with E-state index in [1.807, 2.05) is 18.2 Å². The van der Waals surface area contributed by atoms with Crippen LogP contribution >= 0.6 is 11.3 Å². The van der Waals surface area contributed by atoms with E-state index in [-0.39, 0.29) is 0 Å². The number of aromatic hydroxyl groups is 1. The van der Waals surface area contributed by atoms with E-state index >= 15 is 0 Å². The molecule has 0 fully saturated rings. The first-order valence-corrected chi connectivity index (χ1v) is 4.43. The second-order valence-corrected chi connectivity index (χ2v) is 3.39. The summed E-state index contributed by atoms with van der Waals surface area (Å²) in [4.78, 5) is 0. The molecule has 0 aliphatic carbocycles. The third kappa shape index (κ3) is 1.02. The molecule has 12 heavy (non-hydrogen) atoms. The van der Waals surface area contributed by atoms with Crippen molar-refractivity contribution in [3.05, 3.63) is 23.6 Å². The molecule has 2 rings (SSSR count). The Morgan fingerprint density at radius 1 is 1.42 bits per heavy atom. The maximum Gasteiger partial charge on any atom is 0.134 e. The highest BCUT2D eigenvalue weighted by Crippen LogP contribution is 2.33. The molecule has 0 atom stereocenters. The van der Waals surface area contributed by atoms with Crippen molar-refractivity contribution in [3.63, 3.8) is 0 Å². The van der Waals surface area contributed by atoms with Crippen molar-refractivity contribution in [2.45, 2.75) is 0 Å². The molecule has 0 unspecified atom stereocenters. The molecular weight excluding hydrogens is 172 g/mol. The lowest BCUT2D eigenvalue weighted by atomic mass is 10.2. The fourth-order valence-electron chi connectivity index (χ4n) is 1.12. The predicted molar refractivity (Wildman–Crippen MR) is 50.0 cm³/mol. The van der Waals surface area contributed by atoms with Crippen LogP contribution in [0.5, 0.6) is 11.5 Å². The maximum atomic E-state index is 9.34. The van der Waals surface area contributed by atoms with Crippen LogP contribution < -0.4 is 4.74 Å². The second-order valence-electron chi connectivity index (χ2n) is 2.48. The number of fused-ring (bicyclic) bond motifs is 1. The Hall–Kier alpha value is -1.22. The molecule has 3 heteroatoms. The number of hydrogen-bond donors (Lipinski definition) is 1. The summed E-state index contributed by atoms with van der Waals surface area (Å²) in [7, 11) is 1.63. The minimum atomic E-state index is 0.345. The Morgan fingerprint density at radius 3 is 3.00 bits per heavy atom. The van der Waals surface area contributed by atoms with Gasteiger partial charge in [0.15, 0.2) is 0 Å². The summed E-state index contributed by atoms with van der Waals surface area (Å²) in [6, 6.07) is 5.62. The summed E-state index contributed by atoms with van der Waals surface area (Å²) >= 11 is 1.51. The van der Waals surface area contributed by atoms with Crippen LogP contribution in [-0.4, -0.2) is 12.2 Å². The smallest absolute Gasteiger partial charge is 0.134 e. The van der Waals surface area contributed by atoms with Gasteiger partial charge in [-0.15, -0.1) is 11.3 Å². The van der Waals surface area contributed by atoms with Crippen LogP contribution in [0.1, 0.15) is 0 Å². The fourth-order valence-corrected chi connectivity index (χ4v) is 1.97. The van der Waals surface area contributed by atoms with Gasteiger partial charge in [-0.2, -0.15) is 0 Å². The van der Waals surface area contributed by atoms with E-state index < -0.39 is 0 Å². The van der Waals surface area contributed by atoms with Gasteiger partial charge >= 0.3 is 0 Å². The minimum absolute atomic E-state index is 0.345. The van der Waals surface area contributed by atoms with Crippen LogP contribution in [0.15, 0.2) is 23.6 Å². The first-order chi connectivity index (χ1) is 5.81. The van der Waals surface area contributed by atoms with E-state index in [1.165, 1.54) is 11.3 Å². The molecular formula is C9H8O2S. The van der Waals surface area contributed by atoms with Gasteiger partial charge in [-0.3, -0.25) is 0 Å². The lowest BCUT2D eigenvalue weighted by molar-refractivity contribution is 0.415. The molecule has 1 heterocycles. The third-order valence-corrected chi connectivity index (χ3v) is 2.70. The van der Waals surface area contributed by atoms with E-state index in [0.717, 1.165) is 15.8 Å². The van der Waals surface area contributed by atoms with Gasteiger partial charge in [-0.25, -0.2) is 0 Å². The van der Waals surface area contributed by atoms with Crippen molar-refractivity contribution in [3.8, 4) is 11.5 Å². The standard InChI is InChI=1S/C9H8O2S/c1-11-6-2-3-7-8(10)5-12-9(7)4-6/h2-5,10H,1H3. The van der Waals surface area contributed by atoms with E-state index in [1.54, 1.807) is 12.5 Å². The van der Waals surface area contributed by atoms with Crippen LogP contribution in [0.2, 0.25) is 0 Å². The highest BCUT2D eigenvalue weighted by atomic mass is 32.1. The Bertz CT molecular complexity index is 406. The summed E-state index contributed by atoms with van der Waals surface area (Å²) in [5.74, 6) is 1.17. The Morgan fingerprint density at radius 2 is 2.25 bits per heavy atom. The lowest BCUT2D eigenvalue weighted by Gasteiger charge is -1.97. The van der Waals surface area contributed by atoms with Gasteiger partial charge in [0.1, 0.15) is 11.5 Å². The molecule has 0 saturated heterocycles. The number of benzene rings is 1. The monoisotopic (exact) mass is 180 g/mol. The molecule has 2 nitrogen and oxygen atoms in total. The van der Waals surface area contributed by atoms with Gasteiger partial charge in [0.25, 0.3) is 0 Å². The largest absolute Gasteiger partial charge is 0.506 e. The summed E-state index contributed by atoms with van der Waals surface area (Å²) in [5.41, 5.74) is 0. The van der Waals surface area contributed by atoms with Crippen molar-refractivity contribution >= 4 is 21.4 Å². The number of thiophene rings is 1. The number of ether oxygens (including phenoxy) is 1. The quantitative estimate of drug-likeness (QED) is 0.731. The first-order valence-electron chi connectivity index (χ1n) is 3.55. The minimum Gasteiger partial charge on any atom is -0.506 e. The normalized spacial score (nSPS) is 10.4. The van der Waals surface area contributed by atoms with Crippen LogP contribution in [0.25, 0.3) is 10.1 Å². The highest BCUT2D eigenvalue weighted by molar-refractivity contribution is 7.17. The molecule has 0 radical (unpaired) electrons. The predicted octanol–water partition coefficient (Wildman–Crippen LogP) is 2.62. The van der Waals surface area contributed by atoms with Crippen LogP contribution in [0.4, 0.5) is 0 Å². The van der Waals surface area contributed by atoms with Gasteiger partial charge < -0.3 is 9.84 Å². The van der Waals surface area contributed by atoms with Gasteiger partial charge in [0.2, 0.25) is 0 Å². The van der Waals surface area contributed by atoms with Crippen molar-refractivity contribution in [1.82, 2.24) is 0 Å². The average Bonchev–Trinajstić information content (AvgIpc) is 2.47. The van der Waals surface area contributed by atoms with E-state index in [2.05, 4.69) is 0 Å². The van der Waals surface area contributed by atoms with Crippen molar-refractivity contribution in [2.24, 2.45) is 0 Å². The lowest BCUT2D eigenvalue weighted by Crippen LogP contribution is -1.79. The van der Waals surface area contributed by atoms with Crippen LogP contribution in [0.3, 0.4) is 0 Å². The Balaban J connectivity index is 2.69. The zero-order valence-corrected chi connectivity index (χ0v) is 7.39. The third-order valence-electron chi connectivity index (χ3n) is 1.76. The fraction of sp³-hybridized carbons (Fsp3) is 0.111. The first kappa shape index (κ1) is 7.43. The molecule has 2 aromatic rings. The van der Waals surface area contributed by atoms with Gasteiger partial charge in [-0.1, -0.05) is 0 Å². The molecule has 0 bridgehead atoms. The van der Waals surface area contributed by atoms with E-state index in [0.29, 0.717) is 5.75 Å². The molecule has 62 valence electrons. The summed E-state index contributed by atoms with van der Waals surface area (Å²) in [6.45, 7) is 0. The van der Waals surface area contributed by atoms with Gasteiger partial charge in [0.05, 0.1) is 7.11 Å². The number of rotatable bonds is 1. The zero-order chi connectivity index (χ0) is 8.55. The molecule has 0 amide bonds. The average molecular weight is 180 g/mol. The maximum absolute atomic E-state index is 9.34. The molecule has 1 N–H and O–H groups in total. The molecule has 0 spiro atoms. The topological polar surface area (TPSA) is 29.5 Å². The molecule has 1 aromatic carbocycles. The molecule has 0 aliphatic heterocycles. The van der Waals surface area contributed by atoms with Crippen molar-refractivity contribution < 1.29 is 9.84 Å². The Kier molecular flexibility index (Phi) is 1.66. The highest BCUT2D eigenvalue weighted by Gasteiger charge is 2.02. The number of hydrogen-bond acceptors (Lipinski definition) is 3.